The van der Waals surface area contributed by atoms with Crippen LogP contribution < -0.4 is 20.9 Å². The van der Waals surface area contributed by atoms with Gasteiger partial charge in [0.15, 0.2) is 0 Å². The van der Waals surface area contributed by atoms with E-state index < -0.39 is 0 Å². The molecule has 0 radical (unpaired) electrons. The summed E-state index contributed by atoms with van der Waals surface area (Å²) in [7, 11) is 0. The molecule has 2 heterocycles. The van der Waals surface area contributed by atoms with Gasteiger partial charge in [0.25, 0.3) is 5.56 Å². The number of aromatic nitrogens is 1. The third kappa shape index (κ3) is 3.42. The summed E-state index contributed by atoms with van der Waals surface area (Å²) in [4.78, 5) is 26.9. The second-order valence-corrected chi connectivity index (χ2v) is 6.00. The lowest BCUT2D eigenvalue weighted by atomic mass is 10.0. The molecule has 0 spiro atoms. The fraction of sp³-hybridized carbons (Fsp3) is 0.333. The number of carbonyl (C=O) groups excluding carboxylic acids is 1. The van der Waals surface area contributed by atoms with E-state index in [-0.39, 0.29) is 24.2 Å². The first-order chi connectivity index (χ1) is 11.5. The third-order valence-electron chi connectivity index (χ3n) is 4.18. The van der Waals surface area contributed by atoms with Gasteiger partial charge in [-0.15, -0.1) is 0 Å². The Hall–Kier alpha value is -2.76. The summed E-state index contributed by atoms with van der Waals surface area (Å²) in [6.45, 7) is 4.46. The van der Waals surface area contributed by atoms with E-state index in [1.807, 2.05) is 44.2 Å². The summed E-state index contributed by atoms with van der Waals surface area (Å²) in [5, 5.41) is 5.72. The summed E-state index contributed by atoms with van der Waals surface area (Å²) in [6, 6.07) is 9.20. The van der Waals surface area contributed by atoms with Gasteiger partial charge < -0.3 is 20.4 Å². The molecular weight excluding hydrogens is 306 g/mol. The predicted octanol–water partition coefficient (Wildman–Crippen LogP) is 2.31. The number of hydrogen-bond donors (Lipinski definition) is 3. The van der Waals surface area contributed by atoms with Crippen molar-refractivity contribution >= 4 is 6.03 Å². The van der Waals surface area contributed by atoms with Crippen LogP contribution in [0, 0.1) is 13.8 Å². The number of aryl methyl sites for hydroxylation is 2. The maximum absolute atomic E-state index is 12.2. The van der Waals surface area contributed by atoms with Gasteiger partial charge in [0.2, 0.25) is 0 Å². The molecule has 3 N–H and O–H groups in total. The topological polar surface area (TPSA) is 83.2 Å². The van der Waals surface area contributed by atoms with Crippen molar-refractivity contribution in [3.05, 3.63) is 63.1 Å². The van der Waals surface area contributed by atoms with Crippen LogP contribution in [0.2, 0.25) is 0 Å². The Morgan fingerprint density at radius 3 is 2.92 bits per heavy atom. The SMILES string of the molecule is Cc1cc(C)c(CNC(=O)N[C@@H]2CCOc3ccccc32)c(=O)[nH]1. The maximum atomic E-state index is 12.2. The lowest BCUT2D eigenvalue weighted by Gasteiger charge is -2.26. The smallest absolute Gasteiger partial charge is 0.315 e. The van der Waals surface area contributed by atoms with Crippen molar-refractivity contribution < 1.29 is 9.53 Å². The Morgan fingerprint density at radius 1 is 1.33 bits per heavy atom. The van der Waals surface area contributed by atoms with Crippen molar-refractivity contribution in [2.24, 2.45) is 0 Å². The van der Waals surface area contributed by atoms with E-state index in [1.54, 1.807) is 0 Å². The molecule has 1 atom stereocenters. The Labute approximate surface area is 140 Å². The van der Waals surface area contributed by atoms with Crippen molar-refractivity contribution in [2.75, 3.05) is 6.61 Å². The van der Waals surface area contributed by atoms with Crippen LogP contribution >= 0.6 is 0 Å². The summed E-state index contributed by atoms with van der Waals surface area (Å²) in [5.74, 6) is 0.805. The highest BCUT2D eigenvalue weighted by Crippen LogP contribution is 2.31. The maximum Gasteiger partial charge on any atom is 0.315 e. The number of amides is 2. The van der Waals surface area contributed by atoms with Gasteiger partial charge in [0.05, 0.1) is 19.2 Å². The Balaban J connectivity index is 1.64. The Morgan fingerprint density at radius 2 is 2.12 bits per heavy atom. The number of H-pyrrole nitrogens is 1. The minimum absolute atomic E-state index is 0.0904. The summed E-state index contributed by atoms with van der Waals surface area (Å²) in [5.41, 5.74) is 3.06. The van der Waals surface area contributed by atoms with Crippen LogP contribution in [0.4, 0.5) is 4.79 Å². The lowest BCUT2D eigenvalue weighted by Crippen LogP contribution is -2.40. The molecule has 6 heteroatoms. The van der Waals surface area contributed by atoms with Gasteiger partial charge in [-0.1, -0.05) is 18.2 Å². The Kier molecular flexibility index (Phi) is 4.55. The van der Waals surface area contributed by atoms with Crippen molar-refractivity contribution in [1.82, 2.24) is 15.6 Å². The zero-order chi connectivity index (χ0) is 17.1. The van der Waals surface area contributed by atoms with Crippen LogP contribution in [0.25, 0.3) is 0 Å². The molecule has 0 aliphatic carbocycles. The van der Waals surface area contributed by atoms with Gasteiger partial charge in [-0.05, 0) is 31.5 Å². The molecule has 0 bridgehead atoms. The van der Waals surface area contributed by atoms with Crippen LogP contribution in [-0.4, -0.2) is 17.6 Å². The molecule has 6 nitrogen and oxygen atoms in total. The molecule has 1 aliphatic rings. The van der Waals surface area contributed by atoms with Gasteiger partial charge in [-0.3, -0.25) is 4.79 Å². The molecular formula is C18H21N3O3. The fourth-order valence-electron chi connectivity index (χ4n) is 2.97. The average molecular weight is 327 g/mol. The number of para-hydroxylation sites is 1. The monoisotopic (exact) mass is 327 g/mol. The van der Waals surface area contributed by atoms with Crippen molar-refractivity contribution in [3.63, 3.8) is 0 Å². The second kappa shape index (κ2) is 6.78. The zero-order valence-electron chi connectivity index (χ0n) is 13.8. The third-order valence-corrected chi connectivity index (χ3v) is 4.18. The quantitative estimate of drug-likeness (QED) is 0.809. The van der Waals surface area contributed by atoms with Gasteiger partial charge in [-0.25, -0.2) is 4.79 Å². The first-order valence-corrected chi connectivity index (χ1v) is 8.00. The zero-order valence-corrected chi connectivity index (χ0v) is 13.8. The molecule has 2 aromatic rings. The van der Waals surface area contributed by atoms with Crippen LogP contribution in [-0.2, 0) is 6.54 Å². The number of urea groups is 1. The number of rotatable bonds is 3. The van der Waals surface area contributed by atoms with Gasteiger partial charge >= 0.3 is 6.03 Å². The van der Waals surface area contributed by atoms with Gasteiger partial charge in [-0.2, -0.15) is 0 Å². The minimum atomic E-state index is -0.295. The molecule has 0 unspecified atom stereocenters. The van der Waals surface area contributed by atoms with E-state index in [9.17, 15) is 9.59 Å². The number of nitrogens with one attached hydrogen (secondary N) is 3. The van der Waals surface area contributed by atoms with Crippen LogP contribution in [0.5, 0.6) is 5.75 Å². The van der Waals surface area contributed by atoms with E-state index in [0.717, 1.165) is 22.6 Å². The number of carbonyl (C=O) groups is 1. The molecule has 24 heavy (non-hydrogen) atoms. The molecule has 1 aromatic heterocycles. The van der Waals surface area contributed by atoms with Gasteiger partial charge in [0, 0.05) is 23.2 Å². The lowest BCUT2D eigenvalue weighted by molar-refractivity contribution is 0.223. The second-order valence-electron chi connectivity index (χ2n) is 6.00. The number of pyridine rings is 1. The molecule has 3 rings (SSSR count). The highest BCUT2D eigenvalue weighted by molar-refractivity contribution is 5.74. The molecule has 1 aliphatic heterocycles. The molecule has 0 fully saturated rings. The van der Waals surface area contributed by atoms with Crippen LogP contribution in [0.15, 0.2) is 35.1 Å². The van der Waals surface area contributed by atoms with E-state index in [1.165, 1.54) is 0 Å². The first kappa shape index (κ1) is 16.1. The van der Waals surface area contributed by atoms with Crippen LogP contribution in [0.3, 0.4) is 0 Å². The summed E-state index contributed by atoms with van der Waals surface area (Å²) in [6.07, 6.45) is 0.717. The molecule has 0 saturated heterocycles. The van der Waals surface area contributed by atoms with E-state index >= 15 is 0 Å². The molecule has 2 amide bonds. The molecule has 1 aromatic carbocycles. The average Bonchev–Trinajstić information content (AvgIpc) is 2.54. The number of aromatic amines is 1. The largest absolute Gasteiger partial charge is 0.493 e. The molecule has 126 valence electrons. The van der Waals surface area contributed by atoms with Crippen molar-refractivity contribution in [2.45, 2.75) is 32.9 Å². The first-order valence-electron chi connectivity index (χ1n) is 8.00. The number of fused-ring (bicyclic) bond motifs is 1. The van der Waals surface area contributed by atoms with Crippen molar-refractivity contribution in [3.8, 4) is 5.75 Å². The van der Waals surface area contributed by atoms with Crippen LogP contribution in [0.1, 0.15) is 34.8 Å². The standard InChI is InChI=1S/C18H21N3O3/c1-11-9-12(2)20-17(22)14(11)10-19-18(23)21-15-7-8-24-16-6-4-3-5-13(15)16/h3-6,9,15H,7-8,10H2,1-2H3,(H,20,22)(H2,19,21,23)/t15-/m1/s1. The summed E-state index contributed by atoms with van der Waals surface area (Å²) >= 11 is 0. The van der Waals surface area contributed by atoms with Gasteiger partial charge in [0.1, 0.15) is 5.75 Å². The number of hydrogen-bond acceptors (Lipinski definition) is 3. The fourth-order valence-corrected chi connectivity index (χ4v) is 2.97. The summed E-state index contributed by atoms with van der Waals surface area (Å²) < 4.78 is 5.59. The minimum Gasteiger partial charge on any atom is -0.493 e. The molecule has 0 saturated carbocycles. The highest BCUT2D eigenvalue weighted by atomic mass is 16.5. The number of benzene rings is 1. The predicted molar refractivity (Wildman–Crippen MR) is 91.2 cm³/mol. The van der Waals surface area contributed by atoms with E-state index in [4.69, 9.17) is 4.74 Å². The van der Waals surface area contributed by atoms with Crippen molar-refractivity contribution in [1.29, 1.82) is 0 Å². The van der Waals surface area contributed by atoms with E-state index in [0.29, 0.717) is 18.6 Å². The Bertz CT molecular complexity index is 813. The highest BCUT2D eigenvalue weighted by Gasteiger charge is 2.22. The van der Waals surface area contributed by atoms with E-state index in [2.05, 4.69) is 15.6 Å². The normalized spacial score (nSPS) is 16.0. The number of ether oxygens (including phenoxy) is 1.